The van der Waals surface area contributed by atoms with Crippen LogP contribution >= 0.6 is 11.3 Å². The van der Waals surface area contributed by atoms with E-state index in [1.54, 1.807) is 12.1 Å². The van der Waals surface area contributed by atoms with Crippen LogP contribution in [0.4, 0.5) is 5.13 Å². The number of carboxylic acids is 1. The number of benzene rings is 2. The van der Waals surface area contributed by atoms with Crippen molar-refractivity contribution in [3.05, 3.63) is 53.6 Å². The van der Waals surface area contributed by atoms with E-state index >= 15 is 0 Å². The maximum atomic E-state index is 12.3. The molecule has 0 saturated carbocycles. The molecule has 0 aliphatic heterocycles. The second-order valence-corrected chi connectivity index (χ2v) is 8.27. The zero-order valence-electron chi connectivity index (χ0n) is 12.9. The molecule has 0 atom stereocenters. The molecule has 3 aromatic rings. The maximum absolute atomic E-state index is 12.3. The fraction of sp³-hybridized carbons (Fsp3) is 0.0625. The topological polar surface area (TPSA) is 113 Å². The molecule has 0 bridgehead atoms. The van der Waals surface area contributed by atoms with E-state index in [4.69, 9.17) is 5.11 Å². The van der Waals surface area contributed by atoms with Gasteiger partial charge in [0.25, 0.3) is 5.91 Å². The Morgan fingerprint density at radius 3 is 2.44 bits per heavy atom. The number of anilines is 1. The minimum absolute atomic E-state index is 0.0195. The van der Waals surface area contributed by atoms with Crippen LogP contribution in [0.2, 0.25) is 0 Å². The minimum Gasteiger partial charge on any atom is -0.478 e. The summed E-state index contributed by atoms with van der Waals surface area (Å²) in [5, 5.41) is 12.0. The molecule has 2 aromatic carbocycles. The van der Waals surface area contributed by atoms with Crippen LogP contribution in [-0.4, -0.2) is 36.6 Å². The number of nitrogens with one attached hydrogen (secondary N) is 1. The summed E-state index contributed by atoms with van der Waals surface area (Å²) in [6.07, 6.45) is 1.11. The van der Waals surface area contributed by atoms with Crippen molar-refractivity contribution in [3.63, 3.8) is 0 Å². The van der Waals surface area contributed by atoms with Gasteiger partial charge in [0.15, 0.2) is 15.0 Å². The van der Waals surface area contributed by atoms with Crippen LogP contribution in [-0.2, 0) is 9.84 Å². The van der Waals surface area contributed by atoms with Crippen LogP contribution in [0, 0.1) is 0 Å². The average Bonchev–Trinajstić information content (AvgIpc) is 2.95. The van der Waals surface area contributed by atoms with Gasteiger partial charge in [-0.15, -0.1) is 0 Å². The lowest BCUT2D eigenvalue weighted by Crippen LogP contribution is -2.16. The van der Waals surface area contributed by atoms with Crippen molar-refractivity contribution in [1.29, 1.82) is 0 Å². The third kappa shape index (κ3) is 3.52. The smallest absolute Gasteiger partial charge is 0.336 e. The summed E-state index contributed by atoms with van der Waals surface area (Å²) >= 11 is 1.11. The van der Waals surface area contributed by atoms with E-state index in [9.17, 15) is 18.0 Å². The molecule has 7 nitrogen and oxygen atoms in total. The van der Waals surface area contributed by atoms with Gasteiger partial charge in [0.05, 0.1) is 26.2 Å². The first-order valence-corrected chi connectivity index (χ1v) is 9.71. The van der Waals surface area contributed by atoms with Crippen LogP contribution in [0.25, 0.3) is 10.2 Å². The Morgan fingerprint density at radius 2 is 1.80 bits per heavy atom. The lowest BCUT2D eigenvalue weighted by Gasteiger charge is -2.04. The lowest BCUT2D eigenvalue weighted by molar-refractivity contribution is 0.0692. The number of thiazole rings is 1. The molecule has 0 aliphatic carbocycles. The van der Waals surface area contributed by atoms with Crippen molar-refractivity contribution in [2.24, 2.45) is 0 Å². The number of carbonyl (C=O) groups excluding carboxylic acids is 1. The standard InChI is InChI=1S/C16H12N2O5S2/c1-25(22,23)9-6-7-12-13(8-9)24-16(17-12)18-14(19)10-4-2-3-5-11(10)15(20)21/h2-8H,1H3,(H,20,21)(H,17,18,19). The first-order chi connectivity index (χ1) is 11.8. The second kappa shape index (κ2) is 6.26. The quantitative estimate of drug-likeness (QED) is 0.724. The Bertz CT molecular complexity index is 1100. The van der Waals surface area contributed by atoms with Gasteiger partial charge in [0, 0.05) is 6.26 Å². The third-order valence-corrected chi connectivity index (χ3v) is 5.45. The molecule has 1 amide bonds. The molecule has 0 radical (unpaired) electrons. The molecular formula is C16H12N2O5S2. The van der Waals surface area contributed by atoms with E-state index in [-0.39, 0.29) is 21.2 Å². The van der Waals surface area contributed by atoms with E-state index in [0.717, 1.165) is 17.6 Å². The number of nitrogens with zero attached hydrogens (tertiary/aromatic N) is 1. The molecule has 0 fully saturated rings. The zero-order valence-corrected chi connectivity index (χ0v) is 14.5. The highest BCUT2D eigenvalue weighted by Gasteiger charge is 2.17. The van der Waals surface area contributed by atoms with Gasteiger partial charge < -0.3 is 5.11 Å². The predicted molar refractivity (Wildman–Crippen MR) is 94.1 cm³/mol. The van der Waals surface area contributed by atoms with Crippen LogP contribution < -0.4 is 5.32 Å². The van der Waals surface area contributed by atoms with Gasteiger partial charge in [0.1, 0.15) is 0 Å². The Kier molecular flexibility index (Phi) is 4.27. The van der Waals surface area contributed by atoms with Gasteiger partial charge in [-0.1, -0.05) is 23.5 Å². The number of hydrogen-bond acceptors (Lipinski definition) is 6. The van der Waals surface area contributed by atoms with E-state index in [2.05, 4.69) is 10.3 Å². The zero-order chi connectivity index (χ0) is 18.2. The maximum Gasteiger partial charge on any atom is 0.336 e. The van der Waals surface area contributed by atoms with Crippen molar-refractivity contribution < 1.29 is 23.1 Å². The molecule has 0 aliphatic rings. The Hall–Kier alpha value is -2.78. The molecule has 1 aromatic heterocycles. The molecule has 1 heterocycles. The van der Waals surface area contributed by atoms with Gasteiger partial charge in [0.2, 0.25) is 0 Å². The molecular weight excluding hydrogens is 364 g/mol. The molecule has 25 heavy (non-hydrogen) atoms. The normalized spacial score (nSPS) is 11.4. The van der Waals surface area contributed by atoms with Crippen molar-refractivity contribution >= 4 is 48.4 Å². The lowest BCUT2D eigenvalue weighted by atomic mass is 10.1. The summed E-state index contributed by atoms with van der Waals surface area (Å²) in [5.41, 5.74) is 0.450. The monoisotopic (exact) mass is 376 g/mol. The van der Waals surface area contributed by atoms with Crippen molar-refractivity contribution in [2.45, 2.75) is 4.90 Å². The summed E-state index contributed by atoms with van der Waals surface area (Å²) in [7, 11) is -3.34. The largest absolute Gasteiger partial charge is 0.478 e. The highest BCUT2D eigenvalue weighted by Crippen LogP contribution is 2.28. The summed E-state index contributed by atoms with van der Waals surface area (Å²) < 4.78 is 23.8. The van der Waals surface area contributed by atoms with E-state index in [1.165, 1.54) is 30.3 Å². The molecule has 9 heteroatoms. The van der Waals surface area contributed by atoms with Gasteiger partial charge >= 0.3 is 5.97 Å². The number of amides is 1. The van der Waals surface area contributed by atoms with Crippen LogP contribution in [0.1, 0.15) is 20.7 Å². The highest BCUT2D eigenvalue weighted by atomic mass is 32.2. The Balaban J connectivity index is 1.93. The summed E-state index contributed by atoms with van der Waals surface area (Å²) in [6, 6.07) is 10.3. The van der Waals surface area contributed by atoms with E-state index in [0.29, 0.717) is 10.2 Å². The number of carbonyl (C=O) groups is 2. The van der Waals surface area contributed by atoms with Gasteiger partial charge in [-0.3, -0.25) is 10.1 Å². The fourth-order valence-electron chi connectivity index (χ4n) is 2.22. The predicted octanol–water partition coefficient (Wildman–Crippen LogP) is 2.65. The van der Waals surface area contributed by atoms with E-state index in [1.807, 2.05) is 0 Å². The number of aromatic carboxylic acids is 1. The summed E-state index contributed by atoms with van der Waals surface area (Å²) in [6.45, 7) is 0. The average molecular weight is 376 g/mol. The van der Waals surface area contributed by atoms with Crippen LogP contribution in [0.5, 0.6) is 0 Å². The number of sulfone groups is 1. The fourth-order valence-corrected chi connectivity index (χ4v) is 3.84. The van der Waals surface area contributed by atoms with Crippen LogP contribution in [0.3, 0.4) is 0 Å². The molecule has 128 valence electrons. The molecule has 0 saturated heterocycles. The third-order valence-electron chi connectivity index (χ3n) is 3.41. The molecule has 0 unspecified atom stereocenters. The van der Waals surface area contributed by atoms with Crippen molar-refractivity contribution in [2.75, 3.05) is 11.6 Å². The molecule has 0 spiro atoms. The van der Waals surface area contributed by atoms with Gasteiger partial charge in [-0.05, 0) is 30.3 Å². The SMILES string of the molecule is CS(=O)(=O)c1ccc2nc(NC(=O)c3ccccc3C(=O)O)sc2c1. The Morgan fingerprint density at radius 1 is 1.12 bits per heavy atom. The van der Waals surface area contributed by atoms with Crippen molar-refractivity contribution in [1.82, 2.24) is 4.98 Å². The number of rotatable bonds is 4. The number of aromatic nitrogens is 1. The second-order valence-electron chi connectivity index (χ2n) is 5.23. The van der Waals surface area contributed by atoms with Crippen LogP contribution in [0.15, 0.2) is 47.4 Å². The van der Waals surface area contributed by atoms with Gasteiger partial charge in [-0.2, -0.15) is 0 Å². The Labute approximate surface area is 146 Å². The highest BCUT2D eigenvalue weighted by molar-refractivity contribution is 7.90. The van der Waals surface area contributed by atoms with E-state index < -0.39 is 21.7 Å². The number of fused-ring (bicyclic) bond motifs is 1. The first kappa shape index (κ1) is 17.1. The number of hydrogen-bond donors (Lipinski definition) is 2. The minimum atomic E-state index is -3.34. The van der Waals surface area contributed by atoms with Crippen molar-refractivity contribution in [3.8, 4) is 0 Å². The first-order valence-electron chi connectivity index (χ1n) is 7.00. The number of carboxylic acid groups (broad SMARTS) is 1. The summed E-state index contributed by atoms with van der Waals surface area (Å²) in [4.78, 5) is 27.9. The summed E-state index contributed by atoms with van der Waals surface area (Å²) in [5.74, 6) is -1.80. The molecule has 3 rings (SSSR count). The van der Waals surface area contributed by atoms with Gasteiger partial charge in [-0.25, -0.2) is 18.2 Å². The molecule has 2 N–H and O–H groups in total.